The van der Waals surface area contributed by atoms with E-state index in [0.29, 0.717) is 5.56 Å². The van der Waals surface area contributed by atoms with Crippen LogP contribution in [0, 0.1) is 0 Å². The summed E-state index contributed by atoms with van der Waals surface area (Å²) >= 11 is 0. The predicted molar refractivity (Wildman–Crippen MR) is 116 cm³/mol. The average molecular weight is 389 g/mol. The van der Waals surface area contributed by atoms with Crippen molar-refractivity contribution in [3.05, 3.63) is 83.6 Å². The SMILES string of the molecule is CC1CCC(c2ccccc2)Nc2c(C(=O)NC(C)(C)c3ccccc3)cnn21. The van der Waals surface area contributed by atoms with Gasteiger partial charge in [0, 0.05) is 0 Å². The minimum absolute atomic E-state index is 0.117. The summed E-state index contributed by atoms with van der Waals surface area (Å²) in [5.41, 5.74) is 2.40. The zero-order chi connectivity index (χ0) is 20.4. The lowest BCUT2D eigenvalue weighted by molar-refractivity contribution is 0.0913. The number of benzene rings is 2. The van der Waals surface area contributed by atoms with Crippen LogP contribution in [0.3, 0.4) is 0 Å². The van der Waals surface area contributed by atoms with Crippen molar-refractivity contribution in [1.29, 1.82) is 0 Å². The fourth-order valence-corrected chi connectivity index (χ4v) is 3.99. The standard InChI is InChI=1S/C24H28N4O/c1-17-14-15-21(18-10-6-4-7-11-18)26-22-20(16-25-28(17)22)23(29)27-24(2,3)19-12-8-5-9-13-19/h4-13,16-17,21,26H,14-15H2,1-3H3,(H,27,29). The summed E-state index contributed by atoms with van der Waals surface area (Å²) in [5.74, 6) is 0.679. The molecule has 3 aromatic rings. The molecular formula is C24H28N4O. The van der Waals surface area contributed by atoms with Gasteiger partial charge in [-0.25, -0.2) is 4.68 Å². The molecule has 0 saturated carbocycles. The van der Waals surface area contributed by atoms with Crippen LogP contribution in [-0.2, 0) is 5.54 Å². The summed E-state index contributed by atoms with van der Waals surface area (Å²) in [5, 5.41) is 11.3. The second-order valence-electron chi connectivity index (χ2n) is 8.33. The number of anilines is 1. The van der Waals surface area contributed by atoms with E-state index in [1.807, 2.05) is 54.9 Å². The van der Waals surface area contributed by atoms with E-state index in [-0.39, 0.29) is 18.0 Å². The van der Waals surface area contributed by atoms with Crippen molar-refractivity contribution in [3.63, 3.8) is 0 Å². The highest BCUT2D eigenvalue weighted by atomic mass is 16.1. The van der Waals surface area contributed by atoms with Crippen LogP contribution in [0.25, 0.3) is 0 Å². The molecule has 1 amide bonds. The van der Waals surface area contributed by atoms with Gasteiger partial charge in [-0.05, 0) is 44.7 Å². The summed E-state index contributed by atoms with van der Waals surface area (Å²) in [6.07, 6.45) is 3.67. The van der Waals surface area contributed by atoms with Crippen molar-refractivity contribution >= 4 is 11.7 Å². The number of hydrogen-bond donors (Lipinski definition) is 2. The first-order chi connectivity index (χ1) is 14.0. The zero-order valence-electron chi connectivity index (χ0n) is 17.2. The van der Waals surface area contributed by atoms with Crippen LogP contribution in [0.1, 0.15) is 67.2 Å². The molecular weight excluding hydrogens is 360 g/mol. The Morgan fingerprint density at radius 3 is 2.41 bits per heavy atom. The number of nitrogens with one attached hydrogen (secondary N) is 2. The lowest BCUT2D eigenvalue weighted by atomic mass is 9.94. The van der Waals surface area contributed by atoms with Crippen LogP contribution >= 0.6 is 0 Å². The van der Waals surface area contributed by atoms with E-state index < -0.39 is 5.54 Å². The van der Waals surface area contributed by atoms with Gasteiger partial charge < -0.3 is 10.6 Å². The van der Waals surface area contributed by atoms with E-state index in [9.17, 15) is 4.79 Å². The van der Waals surface area contributed by atoms with Crippen molar-refractivity contribution < 1.29 is 4.79 Å². The van der Waals surface area contributed by atoms with Gasteiger partial charge in [0.15, 0.2) is 0 Å². The Balaban J connectivity index is 1.62. The van der Waals surface area contributed by atoms with Gasteiger partial charge in [0.1, 0.15) is 11.4 Å². The van der Waals surface area contributed by atoms with Crippen LogP contribution in [0.4, 0.5) is 5.82 Å². The third kappa shape index (κ3) is 3.90. The number of rotatable bonds is 4. The third-order valence-corrected chi connectivity index (χ3v) is 5.77. The van der Waals surface area contributed by atoms with E-state index in [1.54, 1.807) is 6.20 Å². The van der Waals surface area contributed by atoms with E-state index in [1.165, 1.54) is 5.56 Å². The molecule has 5 nitrogen and oxygen atoms in total. The molecule has 0 fully saturated rings. The molecule has 5 heteroatoms. The maximum absolute atomic E-state index is 13.2. The summed E-state index contributed by atoms with van der Waals surface area (Å²) in [6, 6.07) is 20.8. The number of fused-ring (bicyclic) bond motifs is 1. The van der Waals surface area contributed by atoms with E-state index in [4.69, 9.17) is 0 Å². The van der Waals surface area contributed by atoms with Gasteiger partial charge in [0.2, 0.25) is 0 Å². The Labute approximate surface area is 172 Å². The van der Waals surface area contributed by atoms with E-state index in [2.05, 4.69) is 46.9 Å². The number of carbonyl (C=O) groups is 1. The molecule has 0 bridgehead atoms. The van der Waals surface area contributed by atoms with E-state index >= 15 is 0 Å². The van der Waals surface area contributed by atoms with Crippen LogP contribution in [0.2, 0.25) is 0 Å². The minimum atomic E-state index is -0.484. The first-order valence-electron chi connectivity index (χ1n) is 10.2. The number of nitrogens with zero attached hydrogens (tertiary/aromatic N) is 2. The van der Waals surface area contributed by atoms with Gasteiger partial charge in [-0.2, -0.15) is 5.10 Å². The van der Waals surface area contributed by atoms with Gasteiger partial charge in [-0.15, -0.1) is 0 Å². The largest absolute Gasteiger partial charge is 0.363 e. The molecule has 4 rings (SSSR count). The topological polar surface area (TPSA) is 59.0 Å². The first kappa shape index (κ1) is 19.2. The number of amides is 1. The average Bonchev–Trinajstić information content (AvgIpc) is 3.08. The monoisotopic (exact) mass is 388 g/mol. The highest BCUT2D eigenvalue weighted by Crippen LogP contribution is 2.34. The van der Waals surface area contributed by atoms with Gasteiger partial charge in [-0.3, -0.25) is 4.79 Å². The Bertz CT molecular complexity index is 979. The third-order valence-electron chi connectivity index (χ3n) is 5.77. The second-order valence-corrected chi connectivity index (χ2v) is 8.33. The quantitative estimate of drug-likeness (QED) is 0.657. The molecule has 1 aliphatic heterocycles. The Morgan fingerprint density at radius 1 is 1.07 bits per heavy atom. The molecule has 0 radical (unpaired) electrons. The molecule has 2 atom stereocenters. The molecule has 2 N–H and O–H groups in total. The van der Waals surface area contributed by atoms with Crippen molar-refractivity contribution in [1.82, 2.24) is 15.1 Å². The molecule has 1 aliphatic rings. The van der Waals surface area contributed by atoms with Gasteiger partial charge in [0.05, 0.1) is 23.8 Å². The van der Waals surface area contributed by atoms with Gasteiger partial charge >= 0.3 is 0 Å². The Morgan fingerprint density at radius 2 is 1.72 bits per heavy atom. The summed E-state index contributed by atoms with van der Waals surface area (Å²) in [7, 11) is 0. The van der Waals surface area contributed by atoms with Crippen LogP contribution in [0.5, 0.6) is 0 Å². The summed E-state index contributed by atoms with van der Waals surface area (Å²) in [4.78, 5) is 13.2. The maximum Gasteiger partial charge on any atom is 0.257 e. The molecule has 29 heavy (non-hydrogen) atoms. The second kappa shape index (κ2) is 7.74. The van der Waals surface area contributed by atoms with Crippen molar-refractivity contribution in [2.24, 2.45) is 0 Å². The fourth-order valence-electron chi connectivity index (χ4n) is 3.99. The van der Waals surface area contributed by atoms with Gasteiger partial charge in [-0.1, -0.05) is 60.7 Å². The Hall–Kier alpha value is -3.08. The molecule has 2 aromatic carbocycles. The van der Waals surface area contributed by atoms with Crippen LogP contribution in [0.15, 0.2) is 66.9 Å². The van der Waals surface area contributed by atoms with Gasteiger partial charge in [0.25, 0.3) is 5.91 Å². The minimum Gasteiger partial charge on any atom is -0.363 e. The smallest absolute Gasteiger partial charge is 0.257 e. The molecule has 2 unspecified atom stereocenters. The maximum atomic E-state index is 13.2. The van der Waals surface area contributed by atoms with Crippen molar-refractivity contribution in [2.75, 3.05) is 5.32 Å². The lowest BCUT2D eigenvalue weighted by Crippen LogP contribution is -2.41. The highest BCUT2D eigenvalue weighted by molar-refractivity contribution is 5.99. The number of aromatic nitrogens is 2. The zero-order valence-corrected chi connectivity index (χ0v) is 17.2. The van der Waals surface area contributed by atoms with Crippen molar-refractivity contribution in [3.8, 4) is 0 Å². The molecule has 150 valence electrons. The molecule has 1 aromatic heterocycles. The molecule has 2 heterocycles. The van der Waals surface area contributed by atoms with Crippen molar-refractivity contribution in [2.45, 2.75) is 51.2 Å². The summed E-state index contributed by atoms with van der Waals surface area (Å²) < 4.78 is 1.95. The summed E-state index contributed by atoms with van der Waals surface area (Å²) in [6.45, 7) is 6.19. The van der Waals surface area contributed by atoms with Crippen LogP contribution in [-0.4, -0.2) is 15.7 Å². The fraction of sp³-hybridized carbons (Fsp3) is 0.333. The van der Waals surface area contributed by atoms with Crippen LogP contribution < -0.4 is 10.6 Å². The molecule has 0 spiro atoms. The highest BCUT2D eigenvalue weighted by Gasteiger charge is 2.30. The molecule has 0 saturated heterocycles. The number of hydrogen-bond acceptors (Lipinski definition) is 3. The lowest BCUT2D eigenvalue weighted by Gasteiger charge is -2.27. The Kier molecular flexibility index (Phi) is 5.14. The van der Waals surface area contributed by atoms with E-state index in [0.717, 1.165) is 24.2 Å². The number of carbonyl (C=O) groups excluding carboxylic acids is 1. The first-order valence-corrected chi connectivity index (χ1v) is 10.2. The normalized spacial score (nSPS) is 19.0. The predicted octanol–water partition coefficient (Wildman–Crippen LogP) is 5.06. The molecule has 0 aliphatic carbocycles.